The van der Waals surface area contributed by atoms with Crippen molar-refractivity contribution in [2.75, 3.05) is 0 Å². The van der Waals surface area contributed by atoms with Gasteiger partial charge in [0.2, 0.25) is 5.82 Å². The lowest BCUT2D eigenvalue weighted by atomic mass is 10.2. The second kappa shape index (κ2) is 6.66. The van der Waals surface area contributed by atoms with E-state index in [4.69, 9.17) is 0 Å². The predicted molar refractivity (Wildman–Crippen MR) is 98.0 cm³/mol. The normalized spacial score (nSPS) is 12.9. The maximum Gasteiger partial charge on any atom is 0.200 e. The number of imidazole rings is 1. The van der Waals surface area contributed by atoms with Crippen LogP contribution in [0.5, 0.6) is 0 Å². The monoisotopic (exact) mass is 374 g/mol. The topological polar surface area (TPSA) is 81.1 Å². The fourth-order valence-electron chi connectivity index (χ4n) is 2.58. The molecule has 0 saturated heterocycles. The molecule has 0 spiro atoms. The number of aryl methyl sites for hydroxylation is 1. The Labute approximate surface area is 152 Å². The quantitative estimate of drug-likeness (QED) is 0.561. The molecule has 0 unspecified atom stereocenters. The number of hydrogen-bond donors (Lipinski definition) is 1. The molecule has 130 valence electrons. The summed E-state index contributed by atoms with van der Waals surface area (Å²) >= 11 is 3.18. The van der Waals surface area contributed by atoms with Crippen LogP contribution in [-0.4, -0.2) is 40.3 Å². The van der Waals surface area contributed by atoms with E-state index in [1.807, 2.05) is 41.4 Å². The Morgan fingerprint density at radius 2 is 2.12 bits per heavy atom. The summed E-state index contributed by atoms with van der Waals surface area (Å²) in [6.07, 6.45) is 4.79. The Kier molecular flexibility index (Phi) is 4.36. The van der Waals surface area contributed by atoms with Gasteiger partial charge in [-0.25, -0.2) is 19.6 Å². The number of aliphatic hydroxyl groups excluding tert-OH is 1. The average Bonchev–Trinajstić information content (AvgIpc) is 3.32. The molecule has 9 heteroatoms. The first-order valence-electron chi connectivity index (χ1n) is 8.07. The Balaban J connectivity index is 1.68. The molecule has 1 atom stereocenters. The van der Waals surface area contributed by atoms with Crippen molar-refractivity contribution in [3.8, 4) is 11.5 Å². The summed E-state index contributed by atoms with van der Waals surface area (Å²) in [5, 5.41) is 19.6. The molecule has 4 aromatic heterocycles. The minimum atomic E-state index is -0.448. The van der Waals surface area contributed by atoms with Gasteiger partial charge >= 0.3 is 0 Å². The Morgan fingerprint density at radius 3 is 2.84 bits per heavy atom. The van der Waals surface area contributed by atoms with Crippen molar-refractivity contribution in [1.29, 1.82) is 0 Å². The Morgan fingerprint density at radius 1 is 1.24 bits per heavy atom. The molecule has 0 bridgehead atoms. The van der Waals surface area contributed by atoms with Gasteiger partial charge in [0.15, 0.2) is 4.96 Å². The first kappa shape index (κ1) is 16.4. The van der Waals surface area contributed by atoms with Gasteiger partial charge in [-0.05, 0) is 13.3 Å². The molecule has 0 saturated carbocycles. The molecular weight excluding hydrogens is 356 g/mol. The Hall–Kier alpha value is -2.10. The third-order valence-corrected chi connectivity index (χ3v) is 5.48. The van der Waals surface area contributed by atoms with E-state index in [9.17, 15) is 5.11 Å². The first-order valence-corrected chi connectivity index (χ1v) is 9.83. The van der Waals surface area contributed by atoms with Crippen molar-refractivity contribution in [3.63, 3.8) is 0 Å². The van der Waals surface area contributed by atoms with Crippen molar-refractivity contribution in [2.45, 2.75) is 39.3 Å². The first-order chi connectivity index (χ1) is 12.1. The highest BCUT2D eigenvalue weighted by molar-refractivity contribution is 7.15. The number of hydrogen-bond acceptors (Lipinski definition) is 7. The maximum atomic E-state index is 10.0. The fraction of sp³-hybridized carbons (Fsp3) is 0.375. The summed E-state index contributed by atoms with van der Waals surface area (Å²) < 4.78 is 3.79. The molecule has 0 aliphatic carbocycles. The fourth-order valence-corrected chi connectivity index (χ4v) is 3.89. The van der Waals surface area contributed by atoms with Crippen molar-refractivity contribution >= 4 is 27.6 Å². The number of fused-ring (bicyclic) bond motifs is 1. The van der Waals surface area contributed by atoms with Crippen molar-refractivity contribution in [2.24, 2.45) is 0 Å². The highest BCUT2D eigenvalue weighted by Gasteiger charge is 2.17. The lowest BCUT2D eigenvalue weighted by molar-refractivity contribution is 0.144. The smallest absolute Gasteiger partial charge is 0.200 e. The van der Waals surface area contributed by atoms with Crippen LogP contribution >= 0.6 is 22.7 Å². The number of aliphatic hydroxyl groups is 1. The van der Waals surface area contributed by atoms with Crippen LogP contribution in [0.4, 0.5) is 0 Å². The third kappa shape index (κ3) is 3.35. The largest absolute Gasteiger partial charge is 0.391 e. The molecule has 1 N–H and O–H groups in total. The van der Waals surface area contributed by atoms with E-state index in [1.54, 1.807) is 27.4 Å². The molecule has 0 amide bonds. The maximum absolute atomic E-state index is 10.0. The summed E-state index contributed by atoms with van der Waals surface area (Å²) in [5.41, 5.74) is 1.71. The van der Waals surface area contributed by atoms with Crippen LogP contribution in [0.2, 0.25) is 0 Å². The lowest BCUT2D eigenvalue weighted by Gasteiger charge is -2.09. The minimum Gasteiger partial charge on any atom is -0.391 e. The zero-order valence-electron chi connectivity index (χ0n) is 14.0. The van der Waals surface area contributed by atoms with Crippen LogP contribution < -0.4 is 0 Å². The summed E-state index contributed by atoms with van der Waals surface area (Å²) in [7, 11) is 0. The van der Waals surface area contributed by atoms with E-state index in [0.717, 1.165) is 27.2 Å². The van der Waals surface area contributed by atoms with Crippen LogP contribution in [0.15, 0.2) is 23.2 Å². The van der Waals surface area contributed by atoms with Gasteiger partial charge in [-0.2, -0.15) is 0 Å². The second-order valence-corrected chi connectivity index (χ2v) is 7.78. The third-order valence-electron chi connectivity index (χ3n) is 3.93. The standard InChI is InChI=1S/C16H18N6OS2/c1-3-12(23)8-22-14(6-11-7-21-4-5-24-16(21)18-11)19-15(20-22)13-9-25-10(2)17-13/h4-5,7,9,12,23H,3,6,8H2,1-2H3/t12-/m1/s1. The molecule has 4 heterocycles. The highest BCUT2D eigenvalue weighted by Crippen LogP contribution is 2.20. The SMILES string of the molecule is CC[C@@H](O)Cn1nc(-c2csc(C)n2)nc1Cc1cn2ccsc2n1. The molecule has 0 aromatic carbocycles. The van der Waals surface area contributed by atoms with E-state index in [2.05, 4.69) is 20.1 Å². The summed E-state index contributed by atoms with van der Waals surface area (Å²) in [6.45, 7) is 4.34. The van der Waals surface area contributed by atoms with Crippen LogP contribution in [0.25, 0.3) is 16.5 Å². The van der Waals surface area contributed by atoms with E-state index in [-0.39, 0.29) is 0 Å². The number of aromatic nitrogens is 6. The highest BCUT2D eigenvalue weighted by atomic mass is 32.1. The summed E-state index contributed by atoms with van der Waals surface area (Å²) in [4.78, 5) is 14.7. The Bertz CT molecular complexity index is 969. The summed E-state index contributed by atoms with van der Waals surface area (Å²) in [6, 6.07) is 0. The van der Waals surface area contributed by atoms with Gasteiger partial charge in [0, 0.05) is 23.2 Å². The molecule has 0 fully saturated rings. The zero-order valence-corrected chi connectivity index (χ0v) is 15.6. The van der Waals surface area contributed by atoms with Crippen LogP contribution in [0.3, 0.4) is 0 Å². The molecule has 4 aromatic rings. The van der Waals surface area contributed by atoms with Crippen molar-refractivity contribution in [3.05, 3.63) is 39.7 Å². The number of thiazole rings is 2. The van der Waals surface area contributed by atoms with Crippen molar-refractivity contribution in [1.82, 2.24) is 29.1 Å². The van der Waals surface area contributed by atoms with E-state index in [0.29, 0.717) is 25.2 Å². The van der Waals surface area contributed by atoms with Gasteiger partial charge in [0.05, 0.1) is 29.8 Å². The van der Waals surface area contributed by atoms with Crippen LogP contribution in [0.1, 0.15) is 29.9 Å². The number of rotatable bonds is 6. The summed E-state index contributed by atoms with van der Waals surface area (Å²) in [5.74, 6) is 1.39. The van der Waals surface area contributed by atoms with Gasteiger partial charge in [-0.15, -0.1) is 27.8 Å². The van der Waals surface area contributed by atoms with Gasteiger partial charge in [0.1, 0.15) is 11.5 Å². The van der Waals surface area contributed by atoms with Gasteiger partial charge in [-0.3, -0.25) is 4.40 Å². The molecule has 0 radical (unpaired) electrons. The van der Waals surface area contributed by atoms with E-state index in [1.165, 1.54) is 0 Å². The minimum absolute atomic E-state index is 0.421. The molecule has 0 aliphatic heterocycles. The zero-order chi connectivity index (χ0) is 17.4. The van der Waals surface area contributed by atoms with Gasteiger partial charge < -0.3 is 5.11 Å². The predicted octanol–water partition coefficient (Wildman–Crippen LogP) is 2.78. The molecule has 7 nitrogen and oxygen atoms in total. The molecule has 25 heavy (non-hydrogen) atoms. The lowest BCUT2D eigenvalue weighted by Crippen LogP contribution is -2.18. The van der Waals surface area contributed by atoms with Gasteiger partial charge in [0.25, 0.3) is 0 Å². The molecular formula is C16H18N6OS2. The van der Waals surface area contributed by atoms with E-state index < -0.39 is 6.10 Å². The van der Waals surface area contributed by atoms with Crippen molar-refractivity contribution < 1.29 is 5.11 Å². The van der Waals surface area contributed by atoms with Gasteiger partial charge in [-0.1, -0.05) is 6.92 Å². The number of nitrogens with zero attached hydrogens (tertiary/aromatic N) is 6. The second-order valence-electron chi connectivity index (χ2n) is 5.85. The molecule has 0 aliphatic rings. The average molecular weight is 374 g/mol. The molecule has 4 rings (SSSR count). The van der Waals surface area contributed by atoms with Crippen LogP contribution in [-0.2, 0) is 13.0 Å². The van der Waals surface area contributed by atoms with Crippen LogP contribution in [0, 0.1) is 6.92 Å². The van der Waals surface area contributed by atoms with E-state index >= 15 is 0 Å².